The summed E-state index contributed by atoms with van der Waals surface area (Å²) < 4.78 is 3.32. The van der Waals surface area contributed by atoms with Gasteiger partial charge in [0, 0.05) is 34.8 Å². The third-order valence-electron chi connectivity index (χ3n) is 4.71. The monoisotopic (exact) mass is 426 g/mol. The van der Waals surface area contributed by atoms with Gasteiger partial charge in [0.05, 0.1) is 11.7 Å². The van der Waals surface area contributed by atoms with E-state index in [0.29, 0.717) is 0 Å². The highest BCUT2D eigenvalue weighted by Gasteiger charge is 2.41. The molecular weight excluding hydrogens is 408 g/mol. The van der Waals surface area contributed by atoms with Gasteiger partial charge < -0.3 is 14.8 Å². The van der Waals surface area contributed by atoms with Crippen molar-refractivity contribution in [1.82, 2.24) is 14.9 Å². The molecule has 1 aliphatic heterocycles. The average molecular weight is 427 g/mol. The summed E-state index contributed by atoms with van der Waals surface area (Å²) in [6.45, 7) is 3.07. The van der Waals surface area contributed by atoms with Gasteiger partial charge in [0.1, 0.15) is 6.04 Å². The Bertz CT molecular complexity index is 907. The number of hydrogen-bond acceptors (Lipinski definition) is 2. The van der Waals surface area contributed by atoms with E-state index in [1.54, 1.807) is 0 Å². The van der Waals surface area contributed by atoms with Crippen molar-refractivity contribution in [2.24, 2.45) is 0 Å². The molecule has 1 fully saturated rings. The lowest BCUT2D eigenvalue weighted by Crippen LogP contribution is -2.30. The van der Waals surface area contributed by atoms with Gasteiger partial charge in [-0.2, -0.15) is 0 Å². The van der Waals surface area contributed by atoms with E-state index in [1.165, 1.54) is 5.69 Å². The first kappa shape index (κ1) is 17.2. The number of rotatable bonds is 4. The largest absolute Gasteiger partial charge is 0.351 e. The summed E-state index contributed by atoms with van der Waals surface area (Å²) in [4.78, 5) is 6.78. The zero-order valence-corrected chi connectivity index (χ0v) is 16.7. The number of pyridine rings is 1. The van der Waals surface area contributed by atoms with E-state index >= 15 is 0 Å². The highest BCUT2D eigenvalue weighted by Crippen LogP contribution is 2.41. The Morgan fingerprint density at radius 1 is 1.12 bits per heavy atom. The van der Waals surface area contributed by atoms with E-state index in [1.807, 2.05) is 30.5 Å². The Morgan fingerprint density at radius 3 is 2.62 bits per heavy atom. The molecular formula is C20H19BrN4S. The second-order valence-corrected chi connectivity index (χ2v) is 7.49. The van der Waals surface area contributed by atoms with Gasteiger partial charge in [-0.05, 0) is 67.7 Å². The summed E-state index contributed by atoms with van der Waals surface area (Å²) in [6, 6.07) is 18.6. The molecule has 4 nitrogen and oxygen atoms in total. The number of anilines is 1. The van der Waals surface area contributed by atoms with Crippen molar-refractivity contribution in [3.8, 4) is 0 Å². The van der Waals surface area contributed by atoms with Gasteiger partial charge in [0.15, 0.2) is 5.11 Å². The molecule has 3 aromatic rings. The van der Waals surface area contributed by atoms with Gasteiger partial charge in [-0.1, -0.05) is 22.0 Å². The number of thiocarbonyl (C=S) groups is 1. The quantitative estimate of drug-likeness (QED) is 0.604. The van der Waals surface area contributed by atoms with Crippen molar-refractivity contribution >= 4 is 38.9 Å². The molecule has 6 heteroatoms. The molecule has 1 saturated heterocycles. The van der Waals surface area contributed by atoms with E-state index < -0.39 is 0 Å². The fraction of sp³-hybridized carbons (Fsp3) is 0.200. The molecule has 1 aromatic carbocycles. The van der Waals surface area contributed by atoms with Crippen molar-refractivity contribution in [3.63, 3.8) is 0 Å². The van der Waals surface area contributed by atoms with Gasteiger partial charge in [0.25, 0.3) is 0 Å². The lowest BCUT2D eigenvalue weighted by atomic mass is 10.0. The standard InChI is InChI=1S/C20H19BrN4S/c1-2-24-13-5-7-17(24)19-18(16-6-3-4-12-22-16)23-20(26)25(19)15-10-8-14(21)9-11-15/h3-13,18-19H,2H2,1H3,(H,23,26)/t18-,19-/m1/s1. The maximum absolute atomic E-state index is 5.73. The SMILES string of the molecule is CCn1cccc1[C@@H]1[C@@H](c2ccccn2)NC(=S)N1c1ccc(Br)cc1. The normalized spacial score (nSPS) is 19.6. The summed E-state index contributed by atoms with van der Waals surface area (Å²) in [6.07, 6.45) is 3.95. The fourth-order valence-electron chi connectivity index (χ4n) is 3.52. The smallest absolute Gasteiger partial charge is 0.174 e. The van der Waals surface area contributed by atoms with Crippen LogP contribution in [0.3, 0.4) is 0 Å². The number of nitrogens with one attached hydrogen (secondary N) is 1. The molecule has 0 saturated carbocycles. The third kappa shape index (κ3) is 3.04. The number of aromatic nitrogens is 2. The molecule has 3 heterocycles. The van der Waals surface area contributed by atoms with Gasteiger partial charge >= 0.3 is 0 Å². The number of aryl methyl sites for hydroxylation is 1. The number of nitrogens with zero attached hydrogens (tertiary/aromatic N) is 3. The van der Waals surface area contributed by atoms with E-state index in [0.717, 1.165) is 27.5 Å². The number of halogens is 1. The van der Waals surface area contributed by atoms with E-state index in [-0.39, 0.29) is 12.1 Å². The molecule has 2 atom stereocenters. The molecule has 0 unspecified atom stereocenters. The van der Waals surface area contributed by atoms with Gasteiger partial charge in [-0.25, -0.2) is 0 Å². The second-order valence-electron chi connectivity index (χ2n) is 6.19. The fourth-order valence-corrected chi connectivity index (χ4v) is 4.13. The van der Waals surface area contributed by atoms with Crippen LogP contribution in [0.15, 0.2) is 71.5 Å². The molecule has 1 aliphatic rings. The zero-order chi connectivity index (χ0) is 18.1. The summed E-state index contributed by atoms with van der Waals surface area (Å²) in [5.41, 5.74) is 3.28. The first-order valence-corrected chi connectivity index (χ1v) is 9.80. The highest BCUT2D eigenvalue weighted by atomic mass is 79.9. The lowest BCUT2D eigenvalue weighted by Gasteiger charge is -2.28. The van der Waals surface area contributed by atoms with Crippen LogP contribution in [0.2, 0.25) is 0 Å². The van der Waals surface area contributed by atoms with Crippen LogP contribution >= 0.6 is 28.1 Å². The predicted molar refractivity (Wildman–Crippen MR) is 112 cm³/mol. The van der Waals surface area contributed by atoms with Gasteiger partial charge in [-0.3, -0.25) is 4.98 Å². The van der Waals surface area contributed by atoms with E-state index in [9.17, 15) is 0 Å². The minimum atomic E-state index is -0.00690. The third-order valence-corrected chi connectivity index (χ3v) is 5.55. The van der Waals surface area contributed by atoms with E-state index in [4.69, 9.17) is 12.2 Å². The minimum Gasteiger partial charge on any atom is -0.351 e. The van der Waals surface area contributed by atoms with E-state index in [2.05, 4.69) is 79.2 Å². The topological polar surface area (TPSA) is 33.1 Å². The predicted octanol–water partition coefficient (Wildman–Crippen LogP) is 4.84. The molecule has 0 spiro atoms. The van der Waals surface area contributed by atoms with Crippen LogP contribution < -0.4 is 10.2 Å². The van der Waals surface area contributed by atoms with Crippen molar-refractivity contribution in [2.75, 3.05) is 4.90 Å². The Balaban J connectivity index is 1.84. The van der Waals surface area contributed by atoms with Crippen LogP contribution in [0.25, 0.3) is 0 Å². The Kier molecular flexibility index (Phi) is 4.78. The summed E-state index contributed by atoms with van der Waals surface area (Å²) in [5, 5.41) is 4.21. The van der Waals surface area contributed by atoms with Gasteiger partial charge in [0.2, 0.25) is 0 Å². The Labute approximate surface area is 167 Å². The average Bonchev–Trinajstić information content (AvgIpc) is 3.27. The van der Waals surface area contributed by atoms with Crippen molar-refractivity contribution < 1.29 is 0 Å². The number of hydrogen-bond donors (Lipinski definition) is 1. The highest BCUT2D eigenvalue weighted by molar-refractivity contribution is 9.10. The molecule has 1 N–H and O–H groups in total. The molecule has 0 bridgehead atoms. The molecule has 4 rings (SSSR count). The molecule has 0 aliphatic carbocycles. The van der Waals surface area contributed by atoms with Crippen molar-refractivity contribution in [1.29, 1.82) is 0 Å². The lowest BCUT2D eigenvalue weighted by molar-refractivity contribution is 0.529. The second kappa shape index (κ2) is 7.21. The van der Waals surface area contributed by atoms with Crippen LogP contribution in [0, 0.1) is 0 Å². The van der Waals surface area contributed by atoms with Gasteiger partial charge in [-0.15, -0.1) is 0 Å². The molecule has 2 aromatic heterocycles. The molecule has 0 radical (unpaired) electrons. The first-order chi connectivity index (χ1) is 12.7. The molecule has 132 valence electrons. The molecule has 26 heavy (non-hydrogen) atoms. The van der Waals surface area contributed by atoms with Crippen LogP contribution in [0.5, 0.6) is 0 Å². The van der Waals surface area contributed by atoms with Crippen LogP contribution in [0.4, 0.5) is 5.69 Å². The minimum absolute atomic E-state index is 0.00690. The number of benzene rings is 1. The Morgan fingerprint density at radius 2 is 1.92 bits per heavy atom. The van der Waals surface area contributed by atoms with Crippen LogP contribution in [-0.2, 0) is 6.54 Å². The van der Waals surface area contributed by atoms with Crippen LogP contribution in [0.1, 0.15) is 30.4 Å². The van der Waals surface area contributed by atoms with Crippen LogP contribution in [-0.4, -0.2) is 14.7 Å². The zero-order valence-electron chi connectivity index (χ0n) is 14.3. The summed E-state index contributed by atoms with van der Waals surface area (Å²) >= 11 is 9.24. The van der Waals surface area contributed by atoms with Crippen molar-refractivity contribution in [3.05, 3.63) is 82.9 Å². The Hall–Kier alpha value is -2.18. The summed E-state index contributed by atoms with van der Waals surface area (Å²) in [5.74, 6) is 0. The first-order valence-electron chi connectivity index (χ1n) is 8.60. The molecule has 0 amide bonds. The maximum Gasteiger partial charge on any atom is 0.174 e. The summed E-state index contributed by atoms with van der Waals surface area (Å²) in [7, 11) is 0. The van der Waals surface area contributed by atoms with Crippen molar-refractivity contribution in [2.45, 2.75) is 25.6 Å². The maximum atomic E-state index is 5.73.